The molecule has 0 saturated carbocycles. The highest BCUT2D eigenvalue weighted by atomic mass is 35.5. The molecule has 2 amide bonds. The van der Waals surface area contributed by atoms with Gasteiger partial charge in [0.15, 0.2) is 0 Å². The van der Waals surface area contributed by atoms with Gasteiger partial charge in [-0.15, -0.1) is 11.3 Å². The number of nitrogens with one attached hydrogen (secondary N) is 3. The lowest BCUT2D eigenvalue weighted by atomic mass is 10.2. The van der Waals surface area contributed by atoms with Crippen LogP contribution in [0.2, 0.25) is 4.34 Å². The minimum atomic E-state index is -4.03. The second-order valence-electron chi connectivity index (χ2n) is 7.24. The van der Waals surface area contributed by atoms with E-state index in [2.05, 4.69) is 22.5 Å². The molecule has 2 aromatic carbocycles. The van der Waals surface area contributed by atoms with E-state index < -0.39 is 16.1 Å². The van der Waals surface area contributed by atoms with Gasteiger partial charge in [-0.1, -0.05) is 18.5 Å². The van der Waals surface area contributed by atoms with Gasteiger partial charge < -0.3 is 10.6 Å². The summed E-state index contributed by atoms with van der Waals surface area (Å²) in [6.45, 7) is 2.90. The highest BCUT2D eigenvalue weighted by Gasteiger charge is 2.19. The van der Waals surface area contributed by atoms with E-state index in [0.29, 0.717) is 26.6 Å². The van der Waals surface area contributed by atoms with Crippen LogP contribution in [-0.2, 0) is 10.0 Å². The highest BCUT2D eigenvalue weighted by molar-refractivity contribution is 7.92. The maximum atomic E-state index is 13.0. The standard InChI is InChI=1S/C22H20ClN5O4S2/c1-2-11-24-15-5-8-17-18(12-15)25-13-28(21(17)29)16-6-3-14(4-7-16)26-22(30)27-34(31,32)20-10-9-19(23)33-20/h3-10,12-13,24H,2,11H2,1H3,(H2,26,27,30). The van der Waals surface area contributed by atoms with Crippen molar-refractivity contribution in [1.29, 1.82) is 0 Å². The van der Waals surface area contributed by atoms with Gasteiger partial charge in [0.2, 0.25) is 0 Å². The molecular formula is C22H20ClN5O4S2. The first-order valence-corrected chi connectivity index (χ1v) is 12.9. The number of hydrogen-bond donors (Lipinski definition) is 3. The number of carbonyl (C=O) groups is 1. The normalized spacial score (nSPS) is 11.4. The first-order valence-electron chi connectivity index (χ1n) is 10.2. The fraction of sp³-hybridized carbons (Fsp3) is 0.136. The zero-order chi connectivity index (χ0) is 24.3. The Morgan fingerprint density at radius 2 is 1.82 bits per heavy atom. The number of aromatic nitrogens is 2. The molecule has 2 aromatic heterocycles. The van der Waals surface area contributed by atoms with E-state index >= 15 is 0 Å². The van der Waals surface area contributed by atoms with Crippen LogP contribution in [0.4, 0.5) is 16.2 Å². The van der Waals surface area contributed by atoms with Crippen LogP contribution in [0.3, 0.4) is 0 Å². The highest BCUT2D eigenvalue weighted by Crippen LogP contribution is 2.25. The first-order chi connectivity index (χ1) is 16.3. The molecule has 0 atom stereocenters. The Balaban J connectivity index is 1.49. The second kappa shape index (κ2) is 9.84. The number of rotatable bonds is 7. The van der Waals surface area contributed by atoms with E-state index in [1.165, 1.54) is 23.0 Å². The van der Waals surface area contributed by atoms with E-state index in [1.807, 2.05) is 16.9 Å². The van der Waals surface area contributed by atoms with Gasteiger partial charge in [-0.2, -0.15) is 0 Å². The third kappa shape index (κ3) is 5.22. The van der Waals surface area contributed by atoms with Gasteiger partial charge >= 0.3 is 6.03 Å². The van der Waals surface area contributed by atoms with Crippen molar-refractivity contribution in [2.75, 3.05) is 17.2 Å². The van der Waals surface area contributed by atoms with E-state index in [-0.39, 0.29) is 9.77 Å². The summed E-state index contributed by atoms with van der Waals surface area (Å²) in [4.78, 5) is 29.5. The molecule has 12 heteroatoms. The van der Waals surface area contributed by atoms with Crippen molar-refractivity contribution in [3.63, 3.8) is 0 Å². The lowest BCUT2D eigenvalue weighted by Gasteiger charge is -2.10. The smallest absolute Gasteiger partial charge is 0.333 e. The van der Waals surface area contributed by atoms with Crippen LogP contribution in [0.15, 0.2) is 69.9 Å². The average Bonchev–Trinajstić information content (AvgIpc) is 3.25. The second-order valence-corrected chi connectivity index (χ2v) is 10.9. The maximum Gasteiger partial charge on any atom is 0.333 e. The SMILES string of the molecule is CCCNc1ccc2c(=O)n(-c3ccc(NC(=O)NS(=O)(=O)c4ccc(Cl)s4)cc3)cnc2c1. The van der Waals surface area contributed by atoms with Crippen LogP contribution in [-0.4, -0.2) is 30.5 Å². The summed E-state index contributed by atoms with van der Waals surface area (Å²) in [5.74, 6) is 0. The maximum absolute atomic E-state index is 13.0. The monoisotopic (exact) mass is 517 g/mol. The fourth-order valence-electron chi connectivity index (χ4n) is 3.16. The summed E-state index contributed by atoms with van der Waals surface area (Å²) in [7, 11) is -4.03. The van der Waals surface area contributed by atoms with E-state index in [9.17, 15) is 18.0 Å². The molecule has 0 aliphatic heterocycles. The van der Waals surface area contributed by atoms with Crippen molar-refractivity contribution in [3.8, 4) is 5.69 Å². The summed E-state index contributed by atoms with van der Waals surface area (Å²) >= 11 is 6.60. The van der Waals surface area contributed by atoms with Gasteiger partial charge in [-0.25, -0.2) is 22.9 Å². The molecule has 0 saturated heterocycles. The summed E-state index contributed by atoms with van der Waals surface area (Å²) < 4.78 is 28.0. The summed E-state index contributed by atoms with van der Waals surface area (Å²) in [6, 6.07) is 13.6. The number of fused-ring (bicyclic) bond motifs is 1. The third-order valence-corrected chi connectivity index (χ3v) is 7.84. The summed E-state index contributed by atoms with van der Waals surface area (Å²) in [5.41, 5.74) is 2.14. The topological polar surface area (TPSA) is 122 Å². The molecule has 4 rings (SSSR count). The lowest BCUT2D eigenvalue weighted by molar-refractivity contribution is 0.256. The molecule has 0 radical (unpaired) electrons. The Morgan fingerprint density at radius 3 is 2.50 bits per heavy atom. The summed E-state index contributed by atoms with van der Waals surface area (Å²) in [6.07, 6.45) is 2.43. The number of nitrogens with zero attached hydrogens (tertiary/aromatic N) is 2. The Bertz CT molecular complexity index is 1510. The van der Waals surface area contributed by atoms with Gasteiger partial charge in [-0.3, -0.25) is 9.36 Å². The number of thiophene rings is 1. The molecule has 34 heavy (non-hydrogen) atoms. The Kier molecular flexibility index (Phi) is 6.87. The molecule has 0 aliphatic carbocycles. The average molecular weight is 518 g/mol. The molecule has 3 N–H and O–H groups in total. The van der Waals surface area contributed by atoms with E-state index in [1.54, 1.807) is 30.3 Å². The van der Waals surface area contributed by atoms with Crippen LogP contribution in [0, 0.1) is 0 Å². The van der Waals surface area contributed by atoms with Gasteiger partial charge in [0.25, 0.3) is 15.6 Å². The van der Waals surface area contributed by atoms with Gasteiger partial charge in [-0.05, 0) is 61.0 Å². The molecule has 0 bridgehead atoms. The largest absolute Gasteiger partial charge is 0.385 e. The van der Waals surface area contributed by atoms with E-state index in [0.717, 1.165) is 30.0 Å². The van der Waals surface area contributed by atoms with Gasteiger partial charge in [0.1, 0.15) is 10.5 Å². The zero-order valence-corrected chi connectivity index (χ0v) is 20.3. The molecule has 0 spiro atoms. The minimum Gasteiger partial charge on any atom is -0.385 e. The minimum absolute atomic E-state index is 0.0700. The quantitative estimate of drug-likeness (QED) is 0.333. The van der Waals surface area contributed by atoms with Crippen molar-refractivity contribution in [2.24, 2.45) is 0 Å². The Hall–Kier alpha value is -3.41. The number of sulfonamides is 1. The van der Waals surface area contributed by atoms with Crippen molar-refractivity contribution in [2.45, 2.75) is 17.6 Å². The van der Waals surface area contributed by atoms with Crippen LogP contribution in [0.25, 0.3) is 16.6 Å². The van der Waals surface area contributed by atoms with Crippen molar-refractivity contribution in [3.05, 3.63) is 75.6 Å². The molecule has 176 valence electrons. The molecular weight excluding hydrogens is 498 g/mol. The van der Waals surface area contributed by atoms with Crippen molar-refractivity contribution < 1.29 is 13.2 Å². The molecule has 2 heterocycles. The number of urea groups is 1. The van der Waals surface area contributed by atoms with Crippen molar-refractivity contribution >= 4 is 61.3 Å². The number of anilines is 2. The Labute approximate surface area is 204 Å². The van der Waals surface area contributed by atoms with Crippen LogP contribution < -0.4 is 20.9 Å². The predicted octanol–water partition coefficient (Wildman–Crippen LogP) is 4.43. The number of benzene rings is 2. The van der Waals surface area contributed by atoms with Gasteiger partial charge in [0, 0.05) is 17.9 Å². The van der Waals surface area contributed by atoms with Crippen LogP contribution in [0.1, 0.15) is 13.3 Å². The van der Waals surface area contributed by atoms with Crippen LogP contribution in [0.5, 0.6) is 0 Å². The molecule has 0 aliphatic rings. The van der Waals surface area contributed by atoms with Crippen molar-refractivity contribution in [1.82, 2.24) is 14.3 Å². The Morgan fingerprint density at radius 1 is 1.09 bits per heavy atom. The van der Waals surface area contributed by atoms with Crippen LogP contribution >= 0.6 is 22.9 Å². The third-order valence-electron chi connectivity index (χ3n) is 4.78. The predicted molar refractivity (Wildman–Crippen MR) is 135 cm³/mol. The zero-order valence-electron chi connectivity index (χ0n) is 17.9. The molecule has 0 fully saturated rings. The molecule has 9 nitrogen and oxygen atoms in total. The lowest BCUT2D eigenvalue weighted by Crippen LogP contribution is -2.33. The number of halogens is 1. The first kappa shape index (κ1) is 23.7. The number of amides is 2. The van der Waals surface area contributed by atoms with Gasteiger partial charge in [0.05, 0.1) is 20.9 Å². The summed E-state index contributed by atoms with van der Waals surface area (Å²) in [5, 5.41) is 6.20. The molecule has 4 aromatic rings. The van der Waals surface area contributed by atoms with E-state index in [4.69, 9.17) is 11.6 Å². The number of hydrogen-bond acceptors (Lipinski definition) is 7. The number of carbonyl (C=O) groups excluding carboxylic acids is 1. The fourth-order valence-corrected chi connectivity index (χ4v) is 5.55. The molecule has 0 unspecified atom stereocenters.